The van der Waals surface area contributed by atoms with Gasteiger partial charge < -0.3 is 39.0 Å². The molecule has 0 bridgehead atoms. The van der Waals surface area contributed by atoms with Crippen molar-refractivity contribution in [2.75, 3.05) is 13.2 Å². The minimum Gasteiger partial charge on any atom is -0.479 e. The molecule has 0 spiro atoms. The summed E-state index contributed by atoms with van der Waals surface area (Å²) in [6.45, 7) is 5.88. The van der Waals surface area contributed by atoms with Gasteiger partial charge in [0.1, 0.15) is 18.8 Å². The van der Waals surface area contributed by atoms with Crippen molar-refractivity contribution in [2.45, 2.75) is 327 Å². The maximum atomic E-state index is 13.2. The number of carboxylic acid groups (broad SMARTS) is 1. The fraction of sp³-hybridized carbons (Fsp3) is 0.791. The molecule has 6 atom stereocenters. The molecule has 0 saturated carbocycles. The highest BCUT2D eigenvalue weighted by Crippen LogP contribution is 2.27. The van der Waals surface area contributed by atoms with E-state index in [4.69, 9.17) is 23.7 Å². The molecule has 0 aliphatic carbocycles. The highest BCUT2D eigenvalue weighted by molar-refractivity contribution is 5.74. The first kappa shape index (κ1) is 73.4. The van der Waals surface area contributed by atoms with E-state index in [1.165, 1.54) is 109 Å². The van der Waals surface area contributed by atoms with E-state index >= 15 is 0 Å². The maximum absolute atomic E-state index is 13.2. The third-order valence-electron chi connectivity index (χ3n) is 14.5. The number of hydrogen-bond acceptors (Lipinski definition) is 11. The van der Waals surface area contributed by atoms with Gasteiger partial charge in [-0.25, -0.2) is 4.79 Å². The number of carbonyl (C=O) groups excluding carboxylic acids is 3. The summed E-state index contributed by atoms with van der Waals surface area (Å²) < 4.78 is 28.5. The Kier molecular flexibility index (Phi) is 51.1. The molecule has 79 heavy (non-hydrogen) atoms. The summed E-state index contributed by atoms with van der Waals surface area (Å²) in [5.74, 6) is -3.14. The molecule has 1 aliphatic heterocycles. The normalized spacial score (nSPS) is 18.2. The minimum absolute atomic E-state index is 0.0560. The second-order valence-electron chi connectivity index (χ2n) is 22.0. The van der Waals surface area contributed by atoms with Gasteiger partial charge in [-0.1, -0.05) is 229 Å². The van der Waals surface area contributed by atoms with Gasteiger partial charge in [0.15, 0.2) is 24.6 Å². The van der Waals surface area contributed by atoms with Gasteiger partial charge >= 0.3 is 23.9 Å². The van der Waals surface area contributed by atoms with E-state index in [1.54, 1.807) is 0 Å². The van der Waals surface area contributed by atoms with Crippen LogP contribution in [0.5, 0.6) is 0 Å². The molecule has 0 aromatic rings. The molecule has 0 aromatic carbocycles. The number of allylic oxidation sites excluding steroid dienone is 10. The van der Waals surface area contributed by atoms with E-state index < -0.39 is 67.3 Å². The smallest absolute Gasteiger partial charge is 0.335 e. The van der Waals surface area contributed by atoms with Crippen LogP contribution in [-0.4, -0.2) is 89.2 Å². The predicted octanol–water partition coefficient (Wildman–Crippen LogP) is 17.1. The molecule has 0 aromatic heterocycles. The molecule has 3 N–H and O–H groups in total. The standard InChI is InChI=1S/C67H116O12/c1-4-7-10-13-16-19-22-25-28-29-30-31-34-37-40-43-46-49-52-55-61(70)78-65-63(72)62(71)64(66(73)74)79-67(65)76-57-58(77-60(69)54-51-48-45-42-39-36-33-27-24-21-18-15-12-9-6-3)56-75-59(68)53-50-47-44-41-38-35-32-26-23-20-17-14-11-8-5-2/h8,11,17,20,25-28,32-33,58,62-65,67,71-72H,4-7,9-10,12-16,18-19,21-24,29-31,34-57H2,1-3H3,(H,73,74)/b11-8-,20-17-,28-25-,32-26-,33-27-. The molecule has 1 heterocycles. The zero-order valence-corrected chi connectivity index (χ0v) is 50.4. The number of esters is 3. The lowest BCUT2D eigenvalue weighted by Crippen LogP contribution is -2.61. The zero-order chi connectivity index (χ0) is 57.5. The third-order valence-corrected chi connectivity index (χ3v) is 14.5. The molecule has 456 valence electrons. The molecule has 12 heteroatoms. The third kappa shape index (κ3) is 44.7. The monoisotopic (exact) mass is 1110 g/mol. The Morgan fingerprint density at radius 1 is 0.430 bits per heavy atom. The average Bonchev–Trinajstić information content (AvgIpc) is 3.46. The van der Waals surface area contributed by atoms with Crippen LogP contribution in [0.4, 0.5) is 0 Å². The Labute approximate surface area is 481 Å². The average molecular weight is 1110 g/mol. The summed E-state index contributed by atoms with van der Waals surface area (Å²) in [7, 11) is 0. The van der Waals surface area contributed by atoms with Crippen molar-refractivity contribution in [3.63, 3.8) is 0 Å². The number of unbranched alkanes of at least 4 members (excludes halogenated alkanes) is 31. The number of aliphatic carboxylic acids is 1. The molecule has 0 radical (unpaired) electrons. The molecule has 1 aliphatic rings. The lowest BCUT2D eigenvalue weighted by molar-refractivity contribution is -0.301. The lowest BCUT2D eigenvalue weighted by Gasteiger charge is -2.40. The van der Waals surface area contributed by atoms with Gasteiger partial charge in [0.25, 0.3) is 0 Å². The highest BCUT2D eigenvalue weighted by Gasteiger charge is 2.50. The number of carboxylic acids is 1. The van der Waals surface area contributed by atoms with Crippen molar-refractivity contribution in [2.24, 2.45) is 0 Å². The predicted molar refractivity (Wildman–Crippen MR) is 322 cm³/mol. The van der Waals surface area contributed by atoms with Crippen LogP contribution in [-0.2, 0) is 42.9 Å². The molecule has 6 unspecified atom stereocenters. The number of carbonyl (C=O) groups is 4. The summed E-state index contributed by atoms with van der Waals surface area (Å²) in [5.41, 5.74) is 0. The van der Waals surface area contributed by atoms with Gasteiger partial charge in [-0.3, -0.25) is 14.4 Å². The van der Waals surface area contributed by atoms with Gasteiger partial charge in [-0.15, -0.1) is 0 Å². The van der Waals surface area contributed by atoms with Crippen LogP contribution in [0.3, 0.4) is 0 Å². The van der Waals surface area contributed by atoms with E-state index in [0.29, 0.717) is 19.3 Å². The summed E-state index contributed by atoms with van der Waals surface area (Å²) in [6, 6.07) is 0. The van der Waals surface area contributed by atoms with E-state index in [1.807, 2.05) is 0 Å². The molecule has 0 amide bonds. The number of rotatable bonds is 55. The first-order chi connectivity index (χ1) is 38.6. The van der Waals surface area contributed by atoms with Crippen LogP contribution in [0.1, 0.15) is 290 Å². The van der Waals surface area contributed by atoms with Gasteiger partial charge in [0.2, 0.25) is 0 Å². The Morgan fingerprint density at radius 2 is 0.797 bits per heavy atom. The quantitative estimate of drug-likeness (QED) is 0.0228. The Morgan fingerprint density at radius 3 is 1.23 bits per heavy atom. The van der Waals surface area contributed by atoms with Crippen LogP contribution >= 0.6 is 0 Å². The molecular weight excluding hydrogens is 997 g/mol. The van der Waals surface area contributed by atoms with Crippen molar-refractivity contribution in [3.05, 3.63) is 60.8 Å². The Hall–Kier alpha value is -3.58. The summed E-state index contributed by atoms with van der Waals surface area (Å²) in [5, 5.41) is 31.6. The highest BCUT2D eigenvalue weighted by atomic mass is 16.7. The molecule has 1 fully saturated rings. The fourth-order valence-corrected chi connectivity index (χ4v) is 9.61. The topological polar surface area (TPSA) is 175 Å². The Bertz CT molecular complexity index is 1600. The number of ether oxygens (including phenoxy) is 5. The molecular formula is C67H116O12. The maximum Gasteiger partial charge on any atom is 0.335 e. The largest absolute Gasteiger partial charge is 0.479 e. The summed E-state index contributed by atoms with van der Waals surface area (Å²) in [6.07, 6.45) is 56.1. The molecule has 1 saturated heterocycles. The van der Waals surface area contributed by atoms with Crippen LogP contribution in [0.2, 0.25) is 0 Å². The van der Waals surface area contributed by atoms with Crippen LogP contribution in [0, 0.1) is 0 Å². The SMILES string of the molecule is CC/C=C\C/C=C\C/C=C\CCCCCCCC(=O)OCC(COC1OC(C(=O)O)C(O)C(O)C1OC(=O)CCCCCCCCCCC/C=C\CCCCCCCC)OC(=O)CCCCCCC/C=C\CCCCCCCC. The lowest BCUT2D eigenvalue weighted by atomic mass is 9.98. The Balaban J connectivity index is 2.66. The van der Waals surface area contributed by atoms with E-state index in [-0.39, 0.29) is 25.9 Å². The first-order valence-corrected chi connectivity index (χ1v) is 32.3. The van der Waals surface area contributed by atoms with Crippen molar-refractivity contribution in [1.29, 1.82) is 0 Å². The van der Waals surface area contributed by atoms with Gasteiger partial charge in [0.05, 0.1) is 6.61 Å². The van der Waals surface area contributed by atoms with Gasteiger partial charge in [-0.05, 0) is 103 Å². The van der Waals surface area contributed by atoms with Crippen molar-refractivity contribution < 1.29 is 58.2 Å². The first-order valence-electron chi connectivity index (χ1n) is 32.3. The van der Waals surface area contributed by atoms with Crippen LogP contribution in [0.15, 0.2) is 60.8 Å². The second kappa shape index (κ2) is 55.0. The number of aliphatic hydroxyl groups is 2. The van der Waals surface area contributed by atoms with Crippen LogP contribution in [0.25, 0.3) is 0 Å². The number of hydrogen-bond donors (Lipinski definition) is 3. The van der Waals surface area contributed by atoms with Gasteiger partial charge in [-0.2, -0.15) is 0 Å². The van der Waals surface area contributed by atoms with Crippen molar-refractivity contribution in [1.82, 2.24) is 0 Å². The van der Waals surface area contributed by atoms with E-state index in [9.17, 15) is 34.5 Å². The zero-order valence-electron chi connectivity index (χ0n) is 50.4. The number of aliphatic hydroxyl groups excluding tert-OH is 2. The van der Waals surface area contributed by atoms with Crippen LogP contribution < -0.4 is 0 Å². The fourth-order valence-electron chi connectivity index (χ4n) is 9.61. The van der Waals surface area contributed by atoms with E-state index in [0.717, 1.165) is 122 Å². The summed E-state index contributed by atoms with van der Waals surface area (Å²) in [4.78, 5) is 51.3. The molecule has 12 nitrogen and oxygen atoms in total. The second-order valence-corrected chi connectivity index (χ2v) is 22.0. The van der Waals surface area contributed by atoms with Crippen molar-refractivity contribution in [3.8, 4) is 0 Å². The minimum atomic E-state index is -1.91. The van der Waals surface area contributed by atoms with E-state index in [2.05, 4.69) is 81.5 Å². The van der Waals surface area contributed by atoms with Crippen molar-refractivity contribution >= 4 is 23.9 Å². The molecule has 1 rings (SSSR count). The van der Waals surface area contributed by atoms with Gasteiger partial charge in [0, 0.05) is 19.3 Å². The summed E-state index contributed by atoms with van der Waals surface area (Å²) >= 11 is 0.